The zero-order valence-corrected chi connectivity index (χ0v) is 14.8. The first-order chi connectivity index (χ1) is 12.2. The highest BCUT2D eigenvalue weighted by Crippen LogP contribution is 2.37. The number of rotatable bonds is 6. The van der Waals surface area contributed by atoms with E-state index >= 15 is 0 Å². The van der Waals surface area contributed by atoms with Gasteiger partial charge >= 0.3 is 0 Å². The zero-order valence-electron chi connectivity index (χ0n) is 14.8. The number of nitrogens with zero attached hydrogens (tertiary/aromatic N) is 2. The van der Waals surface area contributed by atoms with E-state index in [9.17, 15) is 4.91 Å². The highest BCUT2D eigenvalue weighted by atomic mass is 16.5. The summed E-state index contributed by atoms with van der Waals surface area (Å²) in [6.07, 6.45) is 5.01. The van der Waals surface area contributed by atoms with E-state index in [0.29, 0.717) is 17.6 Å². The van der Waals surface area contributed by atoms with Crippen LogP contribution in [0.4, 0.5) is 5.69 Å². The number of nitrogens with one attached hydrogen (secondary N) is 1. The molecule has 0 saturated carbocycles. The first-order valence-electron chi connectivity index (χ1n) is 8.87. The molecule has 1 aromatic carbocycles. The van der Waals surface area contributed by atoms with E-state index in [1.54, 1.807) is 6.20 Å². The summed E-state index contributed by atoms with van der Waals surface area (Å²) in [4.78, 5) is 15.1. The average molecular weight is 339 g/mol. The minimum Gasteiger partial charge on any atom is -0.370 e. The second-order valence-electron chi connectivity index (χ2n) is 6.97. The van der Waals surface area contributed by atoms with Crippen molar-refractivity contribution in [1.29, 1.82) is 0 Å². The summed E-state index contributed by atoms with van der Waals surface area (Å²) in [5, 5.41) is 6.78. The van der Waals surface area contributed by atoms with Gasteiger partial charge in [0.15, 0.2) is 0 Å². The maximum absolute atomic E-state index is 11.1. The van der Waals surface area contributed by atoms with Crippen molar-refractivity contribution >= 4 is 5.69 Å². The molecule has 1 aliphatic rings. The molecule has 1 fully saturated rings. The average Bonchev–Trinajstić information content (AvgIpc) is 2.67. The lowest BCUT2D eigenvalue weighted by Crippen LogP contribution is -2.41. The highest BCUT2D eigenvalue weighted by molar-refractivity contribution is 5.44. The summed E-state index contributed by atoms with van der Waals surface area (Å²) in [6.45, 7) is 5.18. The molecule has 0 spiro atoms. The second-order valence-corrected chi connectivity index (χ2v) is 6.97. The van der Waals surface area contributed by atoms with Crippen molar-refractivity contribution in [2.45, 2.75) is 51.5 Å². The van der Waals surface area contributed by atoms with Gasteiger partial charge in [-0.1, -0.05) is 44.2 Å². The van der Waals surface area contributed by atoms with Crippen LogP contribution in [-0.4, -0.2) is 17.1 Å². The topological polar surface area (TPSA) is 63.6 Å². The van der Waals surface area contributed by atoms with Crippen molar-refractivity contribution < 1.29 is 4.74 Å². The van der Waals surface area contributed by atoms with Crippen molar-refractivity contribution in [2.24, 2.45) is 11.1 Å². The Kier molecular flexibility index (Phi) is 5.89. The molecule has 5 heteroatoms. The predicted molar refractivity (Wildman–Crippen MR) is 98.4 cm³/mol. The fourth-order valence-electron chi connectivity index (χ4n) is 3.36. The Hall–Kier alpha value is -2.11. The maximum atomic E-state index is 11.1. The first kappa shape index (κ1) is 17.7. The van der Waals surface area contributed by atoms with Crippen LogP contribution >= 0.6 is 0 Å². The van der Waals surface area contributed by atoms with Gasteiger partial charge in [0.05, 0.1) is 18.4 Å². The molecule has 1 saturated heterocycles. The molecule has 0 unspecified atom stereocenters. The number of hydrogen-bond acceptors (Lipinski definition) is 5. The summed E-state index contributed by atoms with van der Waals surface area (Å²) >= 11 is 0. The van der Waals surface area contributed by atoms with Crippen LogP contribution in [0.15, 0.2) is 54.0 Å². The van der Waals surface area contributed by atoms with E-state index in [4.69, 9.17) is 4.74 Å². The summed E-state index contributed by atoms with van der Waals surface area (Å²) in [6, 6.07) is 12.6. The Morgan fingerprint density at radius 2 is 2.04 bits per heavy atom. The third-order valence-corrected chi connectivity index (χ3v) is 4.81. The fraction of sp³-hybridized carbons (Fsp3) is 0.450. The largest absolute Gasteiger partial charge is 0.370 e. The Morgan fingerprint density at radius 1 is 1.24 bits per heavy atom. The number of aromatic nitrogens is 1. The summed E-state index contributed by atoms with van der Waals surface area (Å²) < 4.78 is 6.29. The Bertz CT molecular complexity index is 690. The molecule has 0 bridgehead atoms. The van der Waals surface area contributed by atoms with Crippen LogP contribution in [0, 0.1) is 10.8 Å². The molecule has 3 rings (SSSR count). The maximum Gasteiger partial charge on any atom is 0.132 e. The van der Waals surface area contributed by atoms with Crippen LogP contribution in [-0.2, 0) is 11.3 Å². The van der Waals surface area contributed by atoms with Crippen molar-refractivity contribution in [2.75, 3.05) is 0 Å². The van der Waals surface area contributed by atoms with Gasteiger partial charge in [-0.05, 0) is 35.6 Å². The van der Waals surface area contributed by atoms with Crippen LogP contribution in [0.25, 0.3) is 0 Å². The fourth-order valence-corrected chi connectivity index (χ4v) is 3.36. The van der Waals surface area contributed by atoms with E-state index < -0.39 is 0 Å². The SMILES string of the molecule is CC(C)[C@@H]1C[C@H](NCc2ccccc2)C[C@H](c2ccncc2N=O)O1. The summed E-state index contributed by atoms with van der Waals surface area (Å²) in [5.41, 5.74) is 2.48. The molecule has 1 N–H and O–H groups in total. The van der Waals surface area contributed by atoms with E-state index in [2.05, 4.69) is 53.6 Å². The predicted octanol–water partition coefficient (Wildman–Crippen LogP) is 4.51. The van der Waals surface area contributed by atoms with Gasteiger partial charge in [-0.3, -0.25) is 4.98 Å². The zero-order chi connectivity index (χ0) is 17.6. The monoisotopic (exact) mass is 339 g/mol. The normalized spacial score (nSPS) is 23.6. The van der Waals surface area contributed by atoms with Crippen molar-refractivity contribution in [3.05, 3.63) is 64.8 Å². The molecule has 0 radical (unpaired) electrons. The molecular formula is C20H25N3O2. The Balaban J connectivity index is 1.74. The van der Waals surface area contributed by atoms with E-state index in [-0.39, 0.29) is 12.2 Å². The molecule has 3 atom stereocenters. The van der Waals surface area contributed by atoms with Gasteiger partial charge in [0.2, 0.25) is 0 Å². The standard InChI is InChI=1S/C20H25N3O2/c1-14(2)19-10-16(22-12-15-6-4-3-5-7-15)11-20(25-19)17-8-9-21-13-18(17)23-24/h3-9,13-14,16,19-20,22H,10-12H2,1-2H3/t16-,19-,20+/m0/s1. The Morgan fingerprint density at radius 3 is 2.76 bits per heavy atom. The number of hydrogen-bond donors (Lipinski definition) is 1. The van der Waals surface area contributed by atoms with Gasteiger partial charge in [0.1, 0.15) is 5.69 Å². The number of pyridine rings is 1. The number of ether oxygens (including phenoxy) is 1. The van der Waals surface area contributed by atoms with Gasteiger partial charge in [-0.25, -0.2) is 0 Å². The third-order valence-electron chi connectivity index (χ3n) is 4.81. The lowest BCUT2D eigenvalue weighted by molar-refractivity contribution is -0.0836. The van der Waals surface area contributed by atoms with E-state index in [1.807, 2.05) is 12.1 Å². The van der Waals surface area contributed by atoms with Gasteiger partial charge in [0.25, 0.3) is 0 Å². The third kappa shape index (κ3) is 4.50. The number of nitroso groups, excluding NO2 is 1. The number of benzene rings is 1. The van der Waals surface area contributed by atoms with Crippen LogP contribution in [0.1, 0.15) is 43.9 Å². The van der Waals surface area contributed by atoms with Crippen molar-refractivity contribution in [3.63, 3.8) is 0 Å². The molecule has 0 amide bonds. The summed E-state index contributed by atoms with van der Waals surface area (Å²) in [5.74, 6) is 0.415. The Labute approximate surface area is 148 Å². The smallest absolute Gasteiger partial charge is 0.132 e. The van der Waals surface area contributed by atoms with E-state index in [0.717, 1.165) is 24.9 Å². The van der Waals surface area contributed by atoms with E-state index in [1.165, 1.54) is 11.8 Å². The molecule has 1 aliphatic heterocycles. The van der Waals surface area contributed by atoms with Crippen LogP contribution in [0.2, 0.25) is 0 Å². The summed E-state index contributed by atoms with van der Waals surface area (Å²) in [7, 11) is 0. The lowest BCUT2D eigenvalue weighted by Gasteiger charge is -2.38. The highest BCUT2D eigenvalue weighted by Gasteiger charge is 2.33. The van der Waals surface area contributed by atoms with Crippen LogP contribution in [0.3, 0.4) is 0 Å². The molecular weight excluding hydrogens is 314 g/mol. The molecule has 25 heavy (non-hydrogen) atoms. The minimum atomic E-state index is -0.134. The molecule has 0 aliphatic carbocycles. The van der Waals surface area contributed by atoms with Gasteiger partial charge in [-0.2, -0.15) is 0 Å². The molecule has 2 heterocycles. The quantitative estimate of drug-likeness (QED) is 0.786. The van der Waals surface area contributed by atoms with Crippen molar-refractivity contribution in [3.8, 4) is 0 Å². The lowest BCUT2D eigenvalue weighted by atomic mass is 9.89. The van der Waals surface area contributed by atoms with Gasteiger partial charge in [-0.15, -0.1) is 4.91 Å². The second kappa shape index (κ2) is 8.32. The molecule has 5 nitrogen and oxygen atoms in total. The first-order valence-corrected chi connectivity index (χ1v) is 8.87. The van der Waals surface area contributed by atoms with Gasteiger partial charge < -0.3 is 10.1 Å². The van der Waals surface area contributed by atoms with Crippen LogP contribution < -0.4 is 5.32 Å². The van der Waals surface area contributed by atoms with Crippen LogP contribution in [0.5, 0.6) is 0 Å². The van der Waals surface area contributed by atoms with Gasteiger partial charge in [0, 0.05) is 24.3 Å². The molecule has 132 valence electrons. The van der Waals surface area contributed by atoms with Crippen molar-refractivity contribution in [1.82, 2.24) is 10.3 Å². The minimum absolute atomic E-state index is 0.134. The molecule has 2 aromatic rings. The molecule has 1 aromatic heterocycles.